The van der Waals surface area contributed by atoms with Crippen molar-refractivity contribution in [2.24, 2.45) is 0 Å². The molecule has 1 aliphatic heterocycles. The zero-order valence-electron chi connectivity index (χ0n) is 11.1. The van der Waals surface area contributed by atoms with Crippen LogP contribution in [0.3, 0.4) is 0 Å². The van der Waals surface area contributed by atoms with E-state index in [-0.39, 0.29) is 12.0 Å². The van der Waals surface area contributed by atoms with Crippen molar-refractivity contribution in [2.75, 3.05) is 13.1 Å². The highest BCUT2D eigenvalue weighted by atomic mass is 35.5. The second-order valence-electron chi connectivity index (χ2n) is 4.83. The van der Waals surface area contributed by atoms with E-state index in [9.17, 15) is 4.79 Å². The molecule has 1 aromatic heterocycles. The first-order valence-corrected chi connectivity index (χ1v) is 7.29. The molecule has 110 valence electrons. The maximum absolute atomic E-state index is 12.2. The Morgan fingerprint density at radius 3 is 2.90 bits per heavy atom. The minimum atomic E-state index is -0.0623. The molecule has 2 aromatic rings. The van der Waals surface area contributed by atoms with Gasteiger partial charge in [0.2, 0.25) is 0 Å². The van der Waals surface area contributed by atoms with Crippen LogP contribution in [-0.4, -0.2) is 40.2 Å². The van der Waals surface area contributed by atoms with Gasteiger partial charge in [-0.15, -0.1) is 0 Å². The summed E-state index contributed by atoms with van der Waals surface area (Å²) in [7, 11) is 0. The molecule has 7 heteroatoms. The number of hydrogen-bond donors (Lipinski definition) is 1. The second kappa shape index (κ2) is 5.95. The molecule has 21 heavy (non-hydrogen) atoms. The van der Waals surface area contributed by atoms with Crippen LogP contribution in [0.4, 0.5) is 0 Å². The van der Waals surface area contributed by atoms with Crippen LogP contribution in [0, 0.1) is 0 Å². The van der Waals surface area contributed by atoms with Crippen LogP contribution in [0.1, 0.15) is 16.9 Å². The van der Waals surface area contributed by atoms with E-state index < -0.39 is 0 Å². The first-order valence-electron chi connectivity index (χ1n) is 6.54. The van der Waals surface area contributed by atoms with Gasteiger partial charge >= 0.3 is 0 Å². The summed E-state index contributed by atoms with van der Waals surface area (Å²) in [6, 6.07) is 6.81. The molecular formula is C14H13Cl2N3O2. The van der Waals surface area contributed by atoms with Gasteiger partial charge in [-0.05, 0) is 18.2 Å². The van der Waals surface area contributed by atoms with Crippen LogP contribution >= 0.6 is 23.2 Å². The number of carbonyl (C=O) groups excluding carboxylic acids is 1. The van der Waals surface area contributed by atoms with Crippen LogP contribution in [0.5, 0.6) is 5.75 Å². The number of ether oxygens (including phenoxy) is 1. The SMILES string of the molecule is O=C(c1ccn[nH]1)N1CCC(Oc2ccc(Cl)c(Cl)c2)C1. The van der Waals surface area contributed by atoms with Gasteiger partial charge in [-0.25, -0.2) is 0 Å². The Morgan fingerprint density at radius 1 is 1.33 bits per heavy atom. The lowest BCUT2D eigenvalue weighted by Gasteiger charge is -2.16. The molecule has 1 N–H and O–H groups in total. The minimum Gasteiger partial charge on any atom is -0.488 e. The third-order valence-corrected chi connectivity index (χ3v) is 4.10. The van der Waals surface area contributed by atoms with Crippen LogP contribution in [0.15, 0.2) is 30.5 Å². The molecule has 1 aromatic carbocycles. The van der Waals surface area contributed by atoms with Crippen molar-refractivity contribution < 1.29 is 9.53 Å². The number of halogens is 2. The molecule has 0 bridgehead atoms. The van der Waals surface area contributed by atoms with E-state index in [0.717, 1.165) is 6.42 Å². The Labute approximate surface area is 131 Å². The maximum Gasteiger partial charge on any atom is 0.271 e. The molecule has 5 nitrogen and oxygen atoms in total. The van der Waals surface area contributed by atoms with E-state index in [1.54, 1.807) is 35.4 Å². The standard InChI is InChI=1S/C14H13Cl2N3O2/c15-11-2-1-9(7-12(11)16)21-10-4-6-19(8-10)14(20)13-3-5-17-18-13/h1-3,5,7,10H,4,6,8H2,(H,17,18). The molecule has 1 fully saturated rings. The van der Waals surface area contributed by atoms with Gasteiger partial charge < -0.3 is 9.64 Å². The summed E-state index contributed by atoms with van der Waals surface area (Å²) >= 11 is 11.8. The largest absolute Gasteiger partial charge is 0.488 e. The molecule has 0 spiro atoms. The predicted molar refractivity (Wildman–Crippen MR) is 80.0 cm³/mol. The topological polar surface area (TPSA) is 58.2 Å². The van der Waals surface area contributed by atoms with E-state index >= 15 is 0 Å². The van der Waals surface area contributed by atoms with E-state index in [0.29, 0.717) is 34.6 Å². The van der Waals surface area contributed by atoms with E-state index in [2.05, 4.69) is 10.2 Å². The molecule has 1 amide bonds. The fourth-order valence-electron chi connectivity index (χ4n) is 2.30. The lowest BCUT2D eigenvalue weighted by atomic mass is 10.3. The lowest BCUT2D eigenvalue weighted by molar-refractivity contribution is 0.0766. The number of H-pyrrole nitrogens is 1. The number of aromatic nitrogens is 2. The second-order valence-corrected chi connectivity index (χ2v) is 5.64. The first-order chi connectivity index (χ1) is 10.1. The number of rotatable bonds is 3. The molecule has 2 heterocycles. The average molecular weight is 326 g/mol. The minimum absolute atomic E-state index is 0.0471. The van der Waals surface area contributed by atoms with Crippen molar-refractivity contribution in [3.63, 3.8) is 0 Å². The Bertz CT molecular complexity index is 646. The molecule has 1 saturated heterocycles. The summed E-state index contributed by atoms with van der Waals surface area (Å²) in [5.41, 5.74) is 0.491. The third kappa shape index (κ3) is 3.14. The molecule has 3 rings (SSSR count). The smallest absolute Gasteiger partial charge is 0.271 e. The van der Waals surface area contributed by atoms with Gasteiger partial charge in [0.25, 0.3) is 5.91 Å². The van der Waals surface area contributed by atoms with Crippen molar-refractivity contribution in [3.05, 3.63) is 46.2 Å². The zero-order valence-corrected chi connectivity index (χ0v) is 12.6. The Balaban J connectivity index is 1.62. The van der Waals surface area contributed by atoms with Gasteiger partial charge in [-0.1, -0.05) is 23.2 Å². The molecule has 0 saturated carbocycles. The van der Waals surface area contributed by atoms with Crippen molar-refractivity contribution in [2.45, 2.75) is 12.5 Å². The van der Waals surface area contributed by atoms with Crippen LogP contribution < -0.4 is 4.74 Å². The van der Waals surface area contributed by atoms with Gasteiger partial charge in [0.05, 0.1) is 16.6 Å². The molecule has 1 aliphatic rings. The molecule has 1 unspecified atom stereocenters. The quantitative estimate of drug-likeness (QED) is 0.943. The number of hydrogen-bond acceptors (Lipinski definition) is 3. The van der Waals surface area contributed by atoms with Crippen LogP contribution in [-0.2, 0) is 0 Å². The summed E-state index contributed by atoms with van der Waals surface area (Å²) < 4.78 is 5.85. The number of nitrogens with zero attached hydrogens (tertiary/aromatic N) is 2. The van der Waals surface area contributed by atoms with Gasteiger partial charge in [-0.2, -0.15) is 5.10 Å². The molecule has 1 atom stereocenters. The highest BCUT2D eigenvalue weighted by molar-refractivity contribution is 6.42. The summed E-state index contributed by atoms with van der Waals surface area (Å²) in [5, 5.41) is 7.41. The average Bonchev–Trinajstić information content (AvgIpc) is 3.13. The summed E-state index contributed by atoms with van der Waals surface area (Å²) in [6.45, 7) is 1.20. The predicted octanol–water partition coefficient (Wildman–Crippen LogP) is 3.01. The summed E-state index contributed by atoms with van der Waals surface area (Å²) in [6.07, 6.45) is 2.29. The van der Waals surface area contributed by atoms with Crippen LogP contribution in [0.25, 0.3) is 0 Å². The highest BCUT2D eigenvalue weighted by Crippen LogP contribution is 2.28. The van der Waals surface area contributed by atoms with E-state index in [1.807, 2.05) is 0 Å². The van der Waals surface area contributed by atoms with Crippen molar-refractivity contribution in [1.29, 1.82) is 0 Å². The number of likely N-dealkylation sites (tertiary alicyclic amines) is 1. The lowest BCUT2D eigenvalue weighted by Crippen LogP contribution is -2.31. The Morgan fingerprint density at radius 2 is 2.19 bits per heavy atom. The van der Waals surface area contributed by atoms with Gasteiger partial charge in [0.15, 0.2) is 0 Å². The Kier molecular flexibility index (Phi) is 4.03. The zero-order chi connectivity index (χ0) is 14.8. The monoisotopic (exact) mass is 325 g/mol. The normalized spacial score (nSPS) is 18.0. The number of amides is 1. The third-order valence-electron chi connectivity index (χ3n) is 3.36. The van der Waals surface area contributed by atoms with E-state index in [1.165, 1.54) is 0 Å². The van der Waals surface area contributed by atoms with Crippen molar-refractivity contribution in [3.8, 4) is 5.75 Å². The fraction of sp³-hybridized carbons (Fsp3) is 0.286. The van der Waals surface area contributed by atoms with Crippen molar-refractivity contribution >= 4 is 29.1 Å². The number of benzene rings is 1. The Hall–Kier alpha value is -1.72. The van der Waals surface area contributed by atoms with Crippen LogP contribution in [0.2, 0.25) is 10.0 Å². The summed E-state index contributed by atoms with van der Waals surface area (Å²) in [5.74, 6) is 0.595. The van der Waals surface area contributed by atoms with Gasteiger partial charge in [0.1, 0.15) is 17.5 Å². The summed E-state index contributed by atoms with van der Waals surface area (Å²) in [4.78, 5) is 13.9. The first kappa shape index (κ1) is 14.2. The molecular weight excluding hydrogens is 313 g/mol. The van der Waals surface area contributed by atoms with Gasteiger partial charge in [-0.3, -0.25) is 9.89 Å². The van der Waals surface area contributed by atoms with Gasteiger partial charge in [0, 0.05) is 25.2 Å². The fourth-order valence-corrected chi connectivity index (χ4v) is 2.58. The number of aromatic amines is 1. The maximum atomic E-state index is 12.2. The highest BCUT2D eigenvalue weighted by Gasteiger charge is 2.28. The molecule has 0 radical (unpaired) electrons. The molecule has 0 aliphatic carbocycles. The number of carbonyl (C=O) groups is 1. The van der Waals surface area contributed by atoms with E-state index in [4.69, 9.17) is 27.9 Å². The van der Waals surface area contributed by atoms with Crippen molar-refractivity contribution in [1.82, 2.24) is 15.1 Å². The number of nitrogens with one attached hydrogen (secondary N) is 1.